The first-order chi connectivity index (χ1) is 8.88. The van der Waals surface area contributed by atoms with E-state index in [1.54, 1.807) is 0 Å². The average molecular weight is 235 g/mol. The third-order valence-corrected chi connectivity index (χ3v) is 2.69. The van der Waals surface area contributed by atoms with Gasteiger partial charge in [-0.1, -0.05) is 55.2 Å². The van der Waals surface area contributed by atoms with E-state index in [0.717, 1.165) is 17.7 Å². The summed E-state index contributed by atoms with van der Waals surface area (Å²) in [5.74, 6) is 6.48. The monoisotopic (exact) mass is 235 g/mol. The fourth-order valence-corrected chi connectivity index (χ4v) is 1.67. The molecule has 0 unspecified atom stereocenters. The van der Waals surface area contributed by atoms with E-state index in [2.05, 4.69) is 36.2 Å². The van der Waals surface area contributed by atoms with E-state index in [-0.39, 0.29) is 6.04 Å². The van der Waals surface area contributed by atoms with Gasteiger partial charge in [-0.05, 0) is 30.7 Å². The van der Waals surface area contributed by atoms with Crippen LogP contribution in [0.2, 0.25) is 0 Å². The molecule has 2 aromatic rings. The number of para-hydroxylation sites is 1. The summed E-state index contributed by atoms with van der Waals surface area (Å²) in [6.07, 6.45) is 0.981. The number of hydrogen-bond donors (Lipinski definition) is 1. The molecule has 0 aliphatic carbocycles. The predicted octanol–water partition coefficient (Wildman–Crippen LogP) is 3.93. The number of nitrogens with one attached hydrogen (secondary N) is 1. The van der Waals surface area contributed by atoms with Crippen molar-refractivity contribution in [1.82, 2.24) is 0 Å². The molecule has 90 valence electrons. The third-order valence-electron chi connectivity index (χ3n) is 2.69. The molecule has 0 heterocycles. The minimum Gasteiger partial charge on any atom is -0.372 e. The molecule has 0 bridgehead atoms. The van der Waals surface area contributed by atoms with Crippen molar-refractivity contribution in [3.05, 3.63) is 66.2 Å². The van der Waals surface area contributed by atoms with Gasteiger partial charge in [0.1, 0.15) is 0 Å². The quantitative estimate of drug-likeness (QED) is 0.795. The number of benzene rings is 2. The van der Waals surface area contributed by atoms with Crippen LogP contribution in [0, 0.1) is 11.8 Å². The Balaban J connectivity index is 2.05. The van der Waals surface area contributed by atoms with Crippen molar-refractivity contribution in [3.8, 4) is 11.8 Å². The van der Waals surface area contributed by atoms with E-state index in [4.69, 9.17) is 0 Å². The lowest BCUT2D eigenvalue weighted by Crippen LogP contribution is -2.15. The molecule has 1 heteroatoms. The molecule has 2 rings (SSSR count). The minimum atomic E-state index is 0.188. The molecular weight excluding hydrogens is 218 g/mol. The van der Waals surface area contributed by atoms with Gasteiger partial charge in [-0.3, -0.25) is 0 Å². The molecular formula is C17H17N. The Morgan fingerprint density at radius 3 is 2.17 bits per heavy atom. The van der Waals surface area contributed by atoms with Crippen molar-refractivity contribution in [2.75, 3.05) is 5.32 Å². The maximum atomic E-state index is 3.43. The van der Waals surface area contributed by atoms with Crippen LogP contribution in [0.15, 0.2) is 60.7 Å². The van der Waals surface area contributed by atoms with E-state index in [9.17, 15) is 0 Å². The van der Waals surface area contributed by atoms with Crippen molar-refractivity contribution in [2.24, 2.45) is 0 Å². The molecule has 0 amide bonds. The molecule has 1 N–H and O–H groups in total. The van der Waals surface area contributed by atoms with Gasteiger partial charge in [-0.15, -0.1) is 0 Å². The molecule has 0 saturated heterocycles. The highest BCUT2D eigenvalue weighted by atomic mass is 14.9. The standard InChI is InChI=1S/C17H17N/c1-2-16(18-17-11-7-4-8-12-17)14-13-15-9-5-3-6-10-15/h3-12,16,18H,2H2,1H3/t16-/m0/s1. The summed E-state index contributed by atoms with van der Waals surface area (Å²) in [5.41, 5.74) is 2.18. The first-order valence-corrected chi connectivity index (χ1v) is 6.26. The van der Waals surface area contributed by atoms with Crippen LogP contribution in [-0.4, -0.2) is 6.04 Å². The van der Waals surface area contributed by atoms with Gasteiger partial charge in [0.15, 0.2) is 0 Å². The number of anilines is 1. The summed E-state index contributed by atoms with van der Waals surface area (Å²) in [6, 6.07) is 20.5. The second kappa shape index (κ2) is 6.51. The van der Waals surface area contributed by atoms with Crippen molar-refractivity contribution < 1.29 is 0 Å². The van der Waals surface area contributed by atoms with Gasteiger partial charge in [-0.2, -0.15) is 0 Å². The maximum absolute atomic E-state index is 3.43. The lowest BCUT2D eigenvalue weighted by molar-refractivity contribution is 0.857. The van der Waals surface area contributed by atoms with Gasteiger partial charge >= 0.3 is 0 Å². The minimum absolute atomic E-state index is 0.188. The molecule has 0 fully saturated rings. The Morgan fingerprint density at radius 1 is 0.944 bits per heavy atom. The summed E-state index contributed by atoms with van der Waals surface area (Å²) in [6.45, 7) is 2.14. The zero-order chi connectivity index (χ0) is 12.6. The Morgan fingerprint density at radius 2 is 1.56 bits per heavy atom. The van der Waals surface area contributed by atoms with Crippen LogP contribution in [0.1, 0.15) is 18.9 Å². The average Bonchev–Trinajstić information content (AvgIpc) is 2.45. The van der Waals surface area contributed by atoms with Crippen LogP contribution >= 0.6 is 0 Å². The highest BCUT2D eigenvalue weighted by molar-refractivity contribution is 5.46. The van der Waals surface area contributed by atoms with Crippen molar-refractivity contribution >= 4 is 5.69 Å². The van der Waals surface area contributed by atoms with Crippen molar-refractivity contribution in [1.29, 1.82) is 0 Å². The Hall–Kier alpha value is -2.20. The van der Waals surface area contributed by atoms with Crippen LogP contribution in [0.4, 0.5) is 5.69 Å². The fraction of sp³-hybridized carbons (Fsp3) is 0.176. The lowest BCUT2D eigenvalue weighted by atomic mass is 10.1. The van der Waals surface area contributed by atoms with Crippen LogP contribution in [0.25, 0.3) is 0 Å². The zero-order valence-electron chi connectivity index (χ0n) is 10.6. The van der Waals surface area contributed by atoms with Gasteiger partial charge in [0.05, 0.1) is 6.04 Å². The second-order valence-corrected chi connectivity index (χ2v) is 4.11. The van der Waals surface area contributed by atoms with E-state index in [1.165, 1.54) is 0 Å². The molecule has 2 aromatic carbocycles. The molecule has 1 nitrogen and oxygen atoms in total. The highest BCUT2D eigenvalue weighted by Crippen LogP contribution is 2.08. The van der Waals surface area contributed by atoms with Gasteiger partial charge < -0.3 is 5.32 Å². The van der Waals surface area contributed by atoms with Crippen LogP contribution in [-0.2, 0) is 0 Å². The Bertz CT molecular complexity index is 520. The van der Waals surface area contributed by atoms with Crippen LogP contribution in [0.3, 0.4) is 0 Å². The molecule has 0 aliphatic rings. The molecule has 0 spiro atoms. The molecule has 0 aliphatic heterocycles. The summed E-state index contributed by atoms with van der Waals surface area (Å²) in [4.78, 5) is 0. The van der Waals surface area contributed by atoms with E-state index >= 15 is 0 Å². The molecule has 0 radical (unpaired) electrons. The largest absolute Gasteiger partial charge is 0.372 e. The lowest BCUT2D eigenvalue weighted by Gasteiger charge is -2.11. The summed E-state index contributed by atoms with van der Waals surface area (Å²) in [5, 5.41) is 3.43. The van der Waals surface area contributed by atoms with Crippen molar-refractivity contribution in [2.45, 2.75) is 19.4 Å². The van der Waals surface area contributed by atoms with Gasteiger partial charge in [0, 0.05) is 11.3 Å². The molecule has 0 aromatic heterocycles. The van der Waals surface area contributed by atoms with E-state index < -0.39 is 0 Å². The maximum Gasteiger partial charge on any atom is 0.0878 e. The summed E-state index contributed by atoms with van der Waals surface area (Å²) < 4.78 is 0. The smallest absolute Gasteiger partial charge is 0.0878 e. The Labute approximate surface area is 109 Å². The fourth-order valence-electron chi connectivity index (χ4n) is 1.67. The zero-order valence-corrected chi connectivity index (χ0v) is 10.6. The summed E-state index contributed by atoms with van der Waals surface area (Å²) in [7, 11) is 0. The molecule has 0 saturated carbocycles. The topological polar surface area (TPSA) is 12.0 Å². The first kappa shape index (κ1) is 12.3. The second-order valence-electron chi connectivity index (χ2n) is 4.11. The van der Waals surface area contributed by atoms with Gasteiger partial charge in [-0.25, -0.2) is 0 Å². The van der Waals surface area contributed by atoms with E-state index in [0.29, 0.717) is 0 Å². The summed E-state index contributed by atoms with van der Waals surface area (Å²) >= 11 is 0. The Kier molecular flexibility index (Phi) is 4.44. The normalized spacial score (nSPS) is 11.2. The first-order valence-electron chi connectivity index (χ1n) is 6.26. The molecule has 1 atom stereocenters. The van der Waals surface area contributed by atoms with Gasteiger partial charge in [0.2, 0.25) is 0 Å². The van der Waals surface area contributed by atoms with Crippen LogP contribution < -0.4 is 5.32 Å². The van der Waals surface area contributed by atoms with Crippen molar-refractivity contribution in [3.63, 3.8) is 0 Å². The molecule has 18 heavy (non-hydrogen) atoms. The predicted molar refractivity (Wildman–Crippen MR) is 77.5 cm³/mol. The van der Waals surface area contributed by atoms with E-state index in [1.807, 2.05) is 48.5 Å². The SMILES string of the molecule is CC[C@@H](C#Cc1ccccc1)Nc1ccccc1. The van der Waals surface area contributed by atoms with Gasteiger partial charge in [0.25, 0.3) is 0 Å². The number of hydrogen-bond acceptors (Lipinski definition) is 1. The highest BCUT2D eigenvalue weighted by Gasteiger charge is 2.00. The third kappa shape index (κ3) is 3.68. The number of rotatable bonds is 3. The van der Waals surface area contributed by atoms with Crippen LogP contribution in [0.5, 0.6) is 0 Å².